The first-order valence-electron chi connectivity index (χ1n) is 4.70. The van der Waals surface area contributed by atoms with E-state index in [2.05, 4.69) is 9.72 Å². The van der Waals surface area contributed by atoms with Crippen LogP contribution in [0.4, 0.5) is 0 Å². The maximum atomic E-state index is 11.5. The normalized spacial score (nSPS) is 11.7. The molecule has 2 rings (SSSR count). The minimum absolute atomic E-state index is 0. The van der Waals surface area contributed by atoms with Crippen molar-refractivity contribution in [2.45, 2.75) is 4.90 Å². The van der Waals surface area contributed by atoms with E-state index in [0.29, 0.717) is 10.8 Å². The Labute approximate surface area is 128 Å². The summed E-state index contributed by atoms with van der Waals surface area (Å²) in [6.45, 7) is 0. The molecule has 88 valence electrons. The molecule has 0 bridgehead atoms. The van der Waals surface area contributed by atoms with Crippen molar-refractivity contribution < 1.29 is 47.9 Å². The van der Waals surface area contributed by atoms with Gasteiger partial charge in [-0.25, -0.2) is 9.78 Å². The fraction of sp³-hybridized carbons (Fsp3) is 0.0909. The monoisotopic (exact) mass is 273 g/mol. The predicted octanol–water partition coefficient (Wildman–Crippen LogP) is -1.74. The van der Waals surface area contributed by atoms with Gasteiger partial charge in [0.15, 0.2) is 5.69 Å². The molecule has 1 heterocycles. The number of pyridine rings is 1. The van der Waals surface area contributed by atoms with E-state index in [1.807, 2.05) is 0 Å². The Bertz CT molecular complexity index is 617. The molecule has 0 saturated carbocycles. The Morgan fingerprint density at radius 3 is 2.67 bits per heavy atom. The molecule has 1 aromatic heterocycles. The molecule has 1 atom stereocenters. The third kappa shape index (κ3) is 2.78. The first-order chi connectivity index (χ1) is 8.15. The number of esters is 1. The van der Waals surface area contributed by atoms with Gasteiger partial charge in [-0.05, 0) is 23.2 Å². The topological polar surface area (TPSA) is 79.3 Å². The minimum atomic E-state index is -2.36. The van der Waals surface area contributed by atoms with Crippen LogP contribution in [0, 0.1) is 0 Å². The van der Waals surface area contributed by atoms with Gasteiger partial charge in [0.2, 0.25) is 0 Å². The molecule has 18 heavy (non-hydrogen) atoms. The summed E-state index contributed by atoms with van der Waals surface area (Å²) in [5, 5.41) is 0.914. The summed E-state index contributed by atoms with van der Waals surface area (Å²) in [4.78, 5) is 15.5. The van der Waals surface area contributed by atoms with Crippen LogP contribution < -0.4 is 29.6 Å². The predicted molar refractivity (Wildman–Crippen MR) is 60.3 cm³/mol. The van der Waals surface area contributed by atoms with Crippen molar-refractivity contribution in [3.05, 3.63) is 36.2 Å². The van der Waals surface area contributed by atoms with Gasteiger partial charge in [-0.15, -0.1) is 0 Å². The molecule has 7 heteroatoms. The summed E-state index contributed by atoms with van der Waals surface area (Å²) in [5.41, 5.74) is 0.109. The van der Waals surface area contributed by atoms with Gasteiger partial charge in [0.05, 0.1) is 7.11 Å². The van der Waals surface area contributed by atoms with Crippen molar-refractivity contribution in [3.8, 4) is 0 Å². The zero-order valence-electron chi connectivity index (χ0n) is 9.88. The molecule has 0 radical (unpaired) electrons. The molecule has 0 spiro atoms. The number of carbonyl (C=O) groups is 1. The van der Waals surface area contributed by atoms with Gasteiger partial charge in [0, 0.05) is 21.9 Å². The van der Waals surface area contributed by atoms with Gasteiger partial charge in [0.25, 0.3) is 0 Å². The van der Waals surface area contributed by atoms with Crippen LogP contribution in [-0.4, -0.2) is 26.8 Å². The summed E-state index contributed by atoms with van der Waals surface area (Å²) in [5.74, 6) is -0.593. The minimum Gasteiger partial charge on any atom is -0.768 e. The van der Waals surface area contributed by atoms with Gasteiger partial charge in [-0.3, -0.25) is 4.21 Å². The molecule has 0 fully saturated rings. The van der Waals surface area contributed by atoms with Crippen molar-refractivity contribution in [2.75, 3.05) is 7.11 Å². The van der Waals surface area contributed by atoms with Crippen molar-refractivity contribution >= 4 is 27.8 Å². The number of ether oxygens (including phenoxy) is 1. The summed E-state index contributed by atoms with van der Waals surface area (Å²) < 4.78 is 26.6. The van der Waals surface area contributed by atoms with Gasteiger partial charge in [-0.1, -0.05) is 12.1 Å². The fourth-order valence-electron chi connectivity index (χ4n) is 1.58. The Morgan fingerprint density at radius 1 is 1.33 bits per heavy atom. The van der Waals surface area contributed by atoms with Crippen LogP contribution in [0.2, 0.25) is 0 Å². The molecule has 0 aliphatic carbocycles. The average Bonchev–Trinajstić information content (AvgIpc) is 2.36. The Balaban J connectivity index is 0.00000162. The van der Waals surface area contributed by atoms with Crippen LogP contribution >= 0.6 is 0 Å². The largest absolute Gasteiger partial charge is 1.00 e. The molecule has 0 aliphatic rings. The standard InChI is InChI=1S/C11H9NO4S.Na/c1-16-11(13)10-8-3-2-4-9(17(14)15)7(8)5-6-12-10;/h2-6H,1H3,(H,14,15);/q;+1/p-1. The number of fused-ring (bicyclic) bond motifs is 1. The van der Waals surface area contributed by atoms with E-state index >= 15 is 0 Å². The molecule has 1 unspecified atom stereocenters. The van der Waals surface area contributed by atoms with Crippen LogP contribution in [-0.2, 0) is 15.8 Å². The summed E-state index contributed by atoms with van der Waals surface area (Å²) in [7, 11) is 1.25. The third-order valence-electron chi connectivity index (χ3n) is 2.32. The maximum Gasteiger partial charge on any atom is 1.00 e. The number of carbonyl (C=O) groups excluding carboxylic acids is 1. The number of benzene rings is 1. The van der Waals surface area contributed by atoms with Crippen molar-refractivity contribution in [1.82, 2.24) is 4.98 Å². The molecule has 1 aromatic carbocycles. The van der Waals surface area contributed by atoms with Gasteiger partial charge in [0.1, 0.15) is 0 Å². The van der Waals surface area contributed by atoms with Gasteiger partial charge < -0.3 is 9.29 Å². The van der Waals surface area contributed by atoms with Gasteiger partial charge >= 0.3 is 35.5 Å². The zero-order valence-corrected chi connectivity index (χ0v) is 12.7. The van der Waals surface area contributed by atoms with E-state index in [9.17, 15) is 13.6 Å². The first kappa shape index (κ1) is 15.3. The Morgan fingerprint density at radius 2 is 2.06 bits per heavy atom. The van der Waals surface area contributed by atoms with Crippen LogP contribution in [0.1, 0.15) is 10.5 Å². The van der Waals surface area contributed by atoms with Crippen LogP contribution in [0.15, 0.2) is 35.4 Å². The SMILES string of the molecule is COC(=O)c1nccc2c(S(=O)[O-])cccc12.[Na+]. The molecule has 0 aliphatic heterocycles. The van der Waals surface area contributed by atoms with E-state index in [1.54, 1.807) is 18.2 Å². The molecule has 0 amide bonds. The van der Waals surface area contributed by atoms with E-state index < -0.39 is 17.0 Å². The van der Waals surface area contributed by atoms with Crippen LogP contribution in [0.3, 0.4) is 0 Å². The maximum absolute atomic E-state index is 11.5. The number of hydrogen-bond acceptors (Lipinski definition) is 5. The zero-order chi connectivity index (χ0) is 12.4. The summed E-state index contributed by atoms with van der Waals surface area (Å²) in [6, 6.07) is 6.20. The number of rotatable bonds is 2. The van der Waals surface area contributed by atoms with E-state index in [-0.39, 0.29) is 40.1 Å². The fourth-order valence-corrected chi connectivity index (χ4v) is 2.13. The summed E-state index contributed by atoms with van der Waals surface area (Å²) >= 11 is -2.36. The van der Waals surface area contributed by atoms with Gasteiger partial charge in [-0.2, -0.15) is 0 Å². The van der Waals surface area contributed by atoms with Crippen molar-refractivity contribution in [1.29, 1.82) is 0 Å². The Hall–Kier alpha value is -0.790. The molecule has 5 nitrogen and oxygen atoms in total. The van der Waals surface area contributed by atoms with E-state index in [0.717, 1.165) is 0 Å². The van der Waals surface area contributed by atoms with Crippen molar-refractivity contribution in [3.63, 3.8) is 0 Å². The average molecular weight is 273 g/mol. The smallest absolute Gasteiger partial charge is 0.768 e. The first-order valence-corrected chi connectivity index (χ1v) is 5.78. The van der Waals surface area contributed by atoms with E-state index in [1.165, 1.54) is 19.4 Å². The van der Waals surface area contributed by atoms with Crippen LogP contribution in [0.5, 0.6) is 0 Å². The van der Waals surface area contributed by atoms with E-state index in [4.69, 9.17) is 0 Å². The molecular weight excluding hydrogens is 265 g/mol. The number of nitrogens with zero attached hydrogens (tertiary/aromatic N) is 1. The van der Waals surface area contributed by atoms with Crippen molar-refractivity contribution in [2.24, 2.45) is 0 Å². The second-order valence-electron chi connectivity index (χ2n) is 3.24. The second kappa shape index (κ2) is 6.40. The number of hydrogen-bond donors (Lipinski definition) is 0. The quantitative estimate of drug-likeness (QED) is 0.369. The second-order valence-corrected chi connectivity index (χ2v) is 4.15. The third-order valence-corrected chi connectivity index (χ3v) is 3.04. The number of aromatic nitrogens is 1. The van der Waals surface area contributed by atoms with Crippen LogP contribution in [0.25, 0.3) is 10.8 Å². The summed E-state index contributed by atoms with van der Waals surface area (Å²) in [6.07, 6.45) is 1.38. The molecular formula is C11H8NNaO4S. The number of methoxy groups -OCH3 is 1. The molecule has 0 N–H and O–H groups in total. The Kier molecular flexibility index (Phi) is 5.43. The molecule has 0 saturated heterocycles. The molecule has 2 aromatic rings.